The zero-order chi connectivity index (χ0) is 69.2. The van der Waals surface area contributed by atoms with Gasteiger partial charge in [-0.3, -0.25) is 19.6 Å². The molecule has 4 heteroatoms. The van der Waals surface area contributed by atoms with Crippen molar-refractivity contribution >= 4 is 0 Å². The van der Waals surface area contributed by atoms with Gasteiger partial charge in [0.2, 0.25) is 0 Å². The van der Waals surface area contributed by atoms with Crippen molar-refractivity contribution in [1.29, 1.82) is 0 Å². The van der Waals surface area contributed by atoms with E-state index in [9.17, 15) is 0 Å². The highest BCUT2D eigenvalue weighted by atomic mass is 15.3. The SMILES string of the molecule is CC1CCC(N(C2CC(N(C3CCC(C)CC3)C3C(C)CC(C(C)(C)C)CC3C)C3CCC4C5C(CCC2C35)C(N(C2CCC(C)CC2)C2C(C)CC(C(C)(C)C)CC2C)CC4N(C2CCC(C)CC2)C2C(C)CC(C(C)(C)C)CC2C)C2C(C)CC(C(C)(C)C)CC2C)CC1. The van der Waals surface area contributed by atoms with Crippen LogP contribution in [-0.4, -0.2) is 92.1 Å². The summed E-state index contributed by atoms with van der Waals surface area (Å²) in [5.41, 5.74) is 1.50. The second-order valence-corrected chi connectivity index (χ2v) is 45.1. The molecule has 0 aliphatic heterocycles. The fraction of sp³-hybridized carbons (Fsp3) is 1.00. The lowest BCUT2D eigenvalue weighted by atomic mass is 9.44. The molecule has 0 N–H and O–H groups in total. The lowest BCUT2D eigenvalue weighted by Gasteiger charge is -2.70. The van der Waals surface area contributed by atoms with Gasteiger partial charge < -0.3 is 0 Å². The Kier molecular flexibility index (Phi) is 23.3. The third-order valence-electron chi connectivity index (χ3n) is 34.4. The van der Waals surface area contributed by atoms with Gasteiger partial charge in [-0.05, 0) is 344 Å². The summed E-state index contributed by atoms with van der Waals surface area (Å²) in [7, 11) is 0. The van der Waals surface area contributed by atoms with Crippen molar-refractivity contribution in [3.8, 4) is 0 Å². The van der Waals surface area contributed by atoms with Crippen LogP contribution >= 0.6 is 0 Å². The summed E-state index contributed by atoms with van der Waals surface area (Å²) in [6, 6.07) is 8.70. The summed E-state index contributed by atoms with van der Waals surface area (Å²) in [5, 5.41) is 0. The van der Waals surface area contributed by atoms with Gasteiger partial charge in [-0.2, -0.15) is 0 Å². The van der Waals surface area contributed by atoms with Crippen LogP contribution < -0.4 is 0 Å². The predicted molar refractivity (Wildman–Crippen MR) is 414 cm³/mol. The molecular formula is C92H166N4. The summed E-state index contributed by atoms with van der Waals surface area (Å²) in [6.07, 6.45) is 43.9. The summed E-state index contributed by atoms with van der Waals surface area (Å²) < 4.78 is 0. The predicted octanol–water partition coefficient (Wildman–Crippen LogP) is 24.5. The Morgan fingerprint density at radius 1 is 0.198 bits per heavy atom. The Bertz CT molecular complexity index is 2060. The highest BCUT2D eigenvalue weighted by molar-refractivity contribution is 5.18. The standard InChI is InChI=1S/C92H166N4/c1-55-25-33-71(34-26-55)93(85-59(5)45-67(46-60(85)6)89(13,14)15)79-53-80(94(72-35-27-56(2)28-36-72)86-61(7)47-68(48-62(86)8)90(16,17)18)76-43-44-78-82(96(74-39-31-58(4)32-40-74)88-65(11)51-70(52-66(88)12)92(22,23)24)54-81(77-42-41-75(79)83(76)84(77)78)95(73-37-29-57(3)30-38-73)87-63(9)49-69(50-64(87)10)91(19,20)21/h55-88H,25-54H2,1-24H3. The smallest absolute Gasteiger partial charge is 0.0153 e. The first-order valence-corrected chi connectivity index (χ1v) is 44.2. The van der Waals surface area contributed by atoms with E-state index in [-0.39, 0.29) is 0 Å². The first kappa shape index (κ1) is 75.5. The molecule has 0 radical (unpaired) electrons. The molecule has 0 aromatic carbocycles. The Labute approximate surface area is 599 Å². The number of hydrogen-bond donors (Lipinski definition) is 0. The van der Waals surface area contributed by atoms with Crippen LogP contribution in [-0.2, 0) is 0 Å². The maximum absolute atomic E-state index is 3.65. The molecule has 16 unspecified atom stereocenters. The van der Waals surface area contributed by atoms with Crippen LogP contribution in [0.1, 0.15) is 359 Å². The fourth-order valence-electron chi connectivity index (χ4n) is 29.3. The van der Waals surface area contributed by atoms with Gasteiger partial charge in [0, 0.05) is 72.5 Å². The van der Waals surface area contributed by atoms with E-state index in [0.29, 0.717) is 70.0 Å². The zero-order valence-corrected chi connectivity index (χ0v) is 68.6. The van der Waals surface area contributed by atoms with Crippen LogP contribution in [0.4, 0.5) is 0 Å². The molecular weight excluding hydrogens is 1160 g/mol. The van der Waals surface area contributed by atoms with Crippen LogP contribution in [0.2, 0.25) is 0 Å². The van der Waals surface area contributed by atoms with Crippen molar-refractivity contribution in [3.05, 3.63) is 0 Å². The van der Waals surface area contributed by atoms with E-state index < -0.39 is 0 Å². The molecule has 0 bridgehead atoms. The highest BCUT2D eigenvalue weighted by Gasteiger charge is 2.66. The van der Waals surface area contributed by atoms with E-state index in [1.54, 1.807) is 0 Å². The summed E-state index contributed by atoms with van der Waals surface area (Å²) in [4.78, 5) is 14.6. The molecule has 96 heavy (non-hydrogen) atoms. The molecule has 12 fully saturated rings. The minimum absolute atomic E-state index is 0.374. The summed E-state index contributed by atoms with van der Waals surface area (Å²) in [5.74, 6) is 17.9. The average Bonchev–Trinajstić information content (AvgIpc) is 0.697. The second kappa shape index (κ2) is 29.6. The minimum Gasteiger partial charge on any atom is -0.294 e. The molecule has 554 valence electrons. The van der Waals surface area contributed by atoms with Crippen LogP contribution in [0, 0.1) is 152 Å². The van der Waals surface area contributed by atoms with E-state index in [4.69, 9.17) is 0 Å². The second-order valence-electron chi connectivity index (χ2n) is 45.1. The molecule has 4 nitrogen and oxygen atoms in total. The molecule has 0 aromatic heterocycles. The van der Waals surface area contributed by atoms with Gasteiger partial charge in [0.05, 0.1) is 0 Å². The topological polar surface area (TPSA) is 13.0 Å². The van der Waals surface area contributed by atoms with Gasteiger partial charge in [0.15, 0.2) is 0 Å². The lowest BCUT2D eigenvalue weighted by Crippen LogP contribution is -2.73. The van der Waals surface area contributed by atoms with Crippen LogP contribution in [0.15, 0.2) is 0 Å². The quantitative estimate of drug-likeness (QED) is 0.193. The van der Waals surface area contributed by atoms with E-state index in [1.807, 2.05) is 0 Å². The van der Waals surface area contributed by atoms with E-state index >= 15 is 0 Å². The molecule has 12 saturated carbocycles. The molecule has 0 heterocycles. The molecule has 0 saturated heterocycles. The maximum Gasteiger partial charge on any atom is 0.0153 e. The summed E-state index contributed by atoms with van der Waals surface area (Å²) >= 11 is 0. The third kappa shape index (κ3) is 15.3. The largest absolute Gasteiger partial charge is 0.294 e. The zero-order valence-electron chi connectivity index (χ0n) is 68.6. The van der Waals surface area contributed by atoms with E-state index in [0.717, 1.165) is 154 Å². The third-order valence-corrected chi connectivity index (χ3v) is 34.4. The van der Waals surface area contributed by atoms with Crippen molar-refractivity contribution in [3.63, 3.8) is 0 Å². The Morgan fingerprint density at radius 3 is 0.500 bits per heavy atom. The lowest BCUT2D eigenvalue weighted by molar-refractivity contribution is -0.208. The van der Waals surface area contributed by atoms with Crippen molar-refractivity contribution < 1.29 is 0 Å². The van der Waals surface area contributed by atoms with Crippen molar-refractivity contribution in [2.75, 3.05) is 0 Å². The van der Waals surface area contributed by atoms with Crippen LogP contribution in [0.3, 0.4) is 0 Å². The van der Waals surface area contributed by atoms with Crippen LogP contribution in [0.5, 0.6) is 0 Å². The first-order valence-electron chi connectivity index (χ1n) is 44.2. The number of hydrogen-bond acceptors (Lipinski definition) is 4. The van der Waals surface area contributed by atoms with Crippen molar-refractivity contribution in [2.24, 2.45) is 152 Å². The van der Waals surface area contributed by atoms with Gasteiger partial charge >= 0.3 is 0 Å². The molecule has 12 aliphatic rings. The van der Waals surface area contributed by atoms with Gasteiger partial charge in [-0.15, -0.1) is 0 Å². The molecule has 12 rings (SSSR count). The maximum atomic E-state index is 3.65. The van der Waals surface area contributed by atoms with E-state index in [2.05, 4.69) is 186 Å². The number of nitrogens with zero attached hydrogens (tertiary/aromatic N) is 4. The Morgan fingerprint density at radius 2 is 0.354 bits per heavy atom. The van der Waals surface area contributed by atoms with Crippen molar-refractivity contribution in [1.82, 2.24) is 19.6 Å². The molecule has 0 aromatic rings. The average molecular weight is 1330 g/mol. The fourth-order valence-corrected chi connectivity index (χ4v) is 29.3. The molecule has 16 atom stereocenters. The number of rotatable bonds is 12. The molecule has 12 aliphatic carbocycles. The van der Waals surface area contributed by atoms with Crippen molar-refractivity contribution in [2.45, 2.75) is 431 Å². The minimum atomic E-state index is 0.374. The van der Waals surface area contributed by atoms with Gasteiger partial charge in [0.25, 0.3) is 0 Å². The molecule has 0 amide bonds. The Hall–Kier alpha value is -0.160. The van der Waals surface area contributed by atoms with Gasteiger partial charge in [0.1, 0.15) is 0 Å². The first-order chi connectivity index (χ1) is 45.1. The van der Waals surface area contributed by atoms with E-state index in [1.165, 1.54) is 193 Å². The normalized spacial score (nSPS) is 49.6. The van der Waals surface area contributed by atoms with Gasteiger partial charge in [-0.25, -0.2) is 0 Å². The molecule has 0 spiro atoms. The Balaban J connectivity index is 1.07. The highest BCUT2D eigenvalue weighted by Crippen LogP contribution is 2.66. The van der Waals surface area contributed by atoms with Gasteiger partial charge in [-0.1, -0.05) is 166 Å². The summed E-state index contributed by atoms with van der Waals surface area (Å²) in [6.45, 7) is 64.7. The monoisotopic (exact) mass is 1330 g/mol. The van der Waals surface area contributed by atoms with Crippen LogP contribution in [0.25, 0.3) is 0 Å².